The van der Waals surface area contributed by atoms with Crippen molar-refractivity contribution in [1.82, 2.24) is 14.5 Å². The van der Waals surface area contributed by atoms with Crippen LogP contribution in [-0.4, -0.2) is 33.7 Å². The fourth-order valence-electron chi connectivity index (χ4n) is 5.40. The first-order chi connectivity index (χ1) is 15.2. The lowest BCUT2D eigenvalue weighted by Crippen LogP contribution is -2.29. The highest BCUT2D eigenvalue weighted by molar-refractivity contribution is 5.84. The third-order valence-electron chi connectivity index (χ3n) is 7.45. The van der Waals surface area contributed by atoms with Crippen LogP contribution in [0.4, 0.5) is 4.39 Å². The highest BCUT2D eigenvalue weighted by Gasteiger charge is 2.31. The van der Waals surface area contributed by atoms with E-state index in [1.54, 1.807) is 0 Å². The van der Waals surface area contributed by atoms with Gasteiger partial charge in [-0.15, -0.1) is 0 Å². The first kappa shape index (κ1) is 19.3. The first-order valence-corrected chi connectivity index (χ1v) is 11.9. The molecule has 0 atom stereocenters. The molecule has 31 heavy (non-hydrogen) atoms. The second kappa shape index (κ2) is 7.63. The quantitative estimate of drug-likeness (QED) is 0.602. The van der Waals surface area contributed by atoms with E-state index in [1.807, 2.05) is 16.7 Å². The van der Waals surface area contributed by atoms with Crippen LogP contribution in [0.2, 0.25) is 0 Å². The van der Waals surface area contributed by atoms with Crippen LogP contribution in [0.1, 0.15) is 73.6 Å². The van der Waals surface area contributed by atoms with Gasteiger partial charge in [0.25, 0.3) is 5.56 Å². The summed E-state index contributed by atoms with van der Waals surface area (Å²) in [5.41, 5.74) is 5.21. The number of hydrogen-bond acceptors (Lipinski definition) is 2. The number of likely N-dealkylation sites (tertiary alicyclic amines) is 1. The van der Waals surface area contributed by atoms with Crippen molar-refractivity contribution in [2.24, 2.45) is 0 Å². The number of piperidine rings is 1. The van der Waals surface area contributed by atoms with Crippen molar-refractivity contribution in [3.8, 4) is 5.69 Å². The molecule has 3 fully saturated rings. The monoisotopic (exact) mass is 419 g/mol. The Morgan fingerprint density at radius 3 is 2.58 bits per heavy atom. The second-order valence-corrected chi connectivity index (χ2v) is 9.81. The van der Waals surface area contributed by atoms with Crippen LogP contribution >= 0.6 is 0 Å². The summed E-state index contributed by atoms with van der Waals surface area (Å²) < 4.78 is 15.2. The molecule has 2 aromatic heterocycles. The predicted octanol–water partition coefficient (Wildman–Crippen LogP) is 5.40. The van der Waals surface area contributed by atoms with Gasteiger partial charge in [-0.25, -0.2) is 4.39 Å². The van der Waals surface area contributed by atoms with Gasteiger partial charge in [-0.1, -0.05) is 18.6 Å². The van der Waals surface area contributed by atoms with Gasteiger partial charge in [-0.2, -0.15) is 0 Å². The lowest BCUT2D eigenvalue weighted by molar-refractivity contribution is 0.179. The third kappa shape index (κ3) is 3.63. The number of hydrogen-bond donors (Lipinski definition) is 1. The highest BCUT2D eigenvalue weighted by atomic mass is 19.1. The van der Waals surface area contributed by atoms with Gasteiger partial charge in [0.05, 0.1) is 0 Å². The van der Waals surface area contributed by atoms with Crippen LogP contribution in [-0.2, 0) is 6.54 Å². The number of benzene rings is 1. The molecule has 1 saturated heterocycles. The number of rotatable bonds is 5. The van der Waals surface area contributed by atoms with Crippen molar-refractivity contribution in [3.63, 3.8) is 0 Å². The number of fused-ring (bicyclic) bond motifs is 1. The lowest BCUT2D eigenvalue weighted by Gasteiger charge is -2.30. The standard InChI is InChI=1S/C26H30FN3O/c27-20-11-19(12-20)18-5-4-6-22(13-18)30-16-24(17-7-8-17)23-14-21(28-25(23)26(30)31)15-29-9-2-1-3-10-29/h4-6,13-14,16-17,19-20,28H,1-3,7-12,15H2. The minimum Gasteiger partial charge on any atom is -0.353 e. The molecule has 0 bridgehead atoms. The van der Waals surface area contributed by atoms with E-state index in [0.717, 1.165) is 47.5 Å². The topological polar surface area (TPSA) is 41.0 Å². The smallest absolute Gasteiger partial charge is 0.279 e. The summed E-state index contributed by atoms with van der Waals surface area (Å²) in [6, 6.07) is 10.4. The van der Waals surface area contributed by atoms with Crippen LogP contribution in [0.5, 0.6) is 0 Å². The Morgan fingerprint density at radius 2 is 1.84 bits per heavy atom. The van der Waals surface area contributed by atoms with Gasteiger partial charge in [0, 0.05) is 29.5 Å². The molecule has 2 aliphatic carbocycles. The number of halogens is 1. The molecule has 0 radical (unpaired) electrons. The van der Waals surface area contributed by atoms with Gasteiger partial charge >= 0.3 is 0 Å². The van der Waals surface area contributed by atoms with E-state index in [2.05, 4.69) is 34.3 Å². The van der Waals surface area contributed by atoms with Gasteiger partial charge in [0.2, 0.25) is 0 Å². The number of H-pyrrole nitrogens is 1. The van der Waals surface area contributed by atoms with E-state index < -0.39 is 6.17 Å². The van der Waals surface area contributed by atoms with Crippen molar-refractivity contribution in [1.29, 1.82) is 0 Å². The molecule has 162 valence electrons. The molecular formula is C26H30FN3O. The maximum absolute atomic E-state index is 13.5. The molecule has 3 heterocycles. The molecule has 0 amide bonds. The molecule has 6 rings (SSSR count). The molecule has 1 N–H and O–H groups in total. The Kier molecular flexibility index (Phi) is 4.75. The number of alkyl halides is 1. The number of nitrogens with one attached hydrogen (secondary N) is 1. The molecule has 3 aliphatic rings. The zero-order valence-corrected chi connectivity index (χ0v) is 17.9. The fraction of sp³-hybridized carbons (Fsp3) is 0.500. The van der Waals surface area contributed by atoms with Crippen molar-refractivity contribution in [2.75, 3.05) is 13.1 Å². The summed E-state index contributed by atoms with van der Waals surface area (Å²) in [7, 11) is 0. The van der Waals surface area contributed by atoms with Crippen LogP contribution in [0, 0.1) is 0 Å². The van der Waals surface area contributed by atoms with Gasteiger partial charge < -0.3 is 4.98 Å². The fourth-order valence-corrected chi connectivity index (χ4v) is 5.40. The number of nitrogens with zero attached hydrogens (tertiary/aromatic N) is 2. The first-order valence-electron chi connectivity index (χ1n) is 11.9. The van der Waals surface area contributed by atoms with Crippen LogP contribution in [0.15, 0.2) is 41.3 Å². The van der Waals surface area contributed by atoms with Crippen LogP contribution in [0.3, 0.4) is 0 Å². The predicted molar refractivity (Wildman–Crippen MR) is 122 cm³/mol. The molecular weight excluding hydrogens is 389 g/mol. The van der Waals surface area contributed by atoms with Gasteiger partial charge in [0.15, 0.2) is 0 Å². The van der Waals surface area contributed by atoms with Gasteiger partial charge in [-0.05, 0) is 92.8 Å². The molecule has 1 aliphatic heterocycles. The Bertz CT molecular complexity index is 1160. The van der Waals surface area contributed by atoms with E-state index >= 15 is 0 Å². The van der Waals surface area contributed by atoms with Crippen LogP contribution < -0.4 is 5.56 Å². The molecule has 2 saturated carbocycles. The minimum absolute atomic E-state index is 0.0124. The summed E-state index contributed by atoms with van der Waals surface area (Å²) in [5.74, 6) is 0.828. The zero-order chi connectivity index (χ0) is 20.9. The van der Waals surface area contributed by atoms with E-state index in [4.69, 9.17) is 0 Å². The van der Waals surface area contributed by atoms with E-state index in [-0.39, 0.29) is 11.5 Å². The molecule has 3 aromatic rings. The largest absolute Gasteiger partial charge is 0.353 e. The average Bonchev–Trinajstić information content (AvgIpc) is 3.52. The summed E-state index contributed by atoms with van der Waals surface area (Å²) in [5, 5.41) is 1.10. The van der Waals surface area contributed by atoms with Crippen molar-refractivity contribution in [2.45, 2.75) is 69.5 Å². The van der Waals surface area contributed by atoms with E-state index in [0.29, 0.717) is 18.8 Å². The Labute approximate surface area is 182 Å². The maximum Gasteiger partial charge on any atom is 0.279 e. The minimum atomic E-state index is -0.675. The summed E-state index contributed by atoms with van der Waals surface area (Å²) in [4.78, 5) is 19.5. The summed E-state index contributed by atoms with van der Waals surface area (Å²) in [6.07, 6.45) is 8.83. The van der Waals surface area contributed by atoms with E-state index in [1.165, 1.54) is 37.7 Å². The second-order valence-electron chi connectivity index (χ2n) is 9.81. The third-order valence-corrected chi connectivity index (χ3v) is 7.45. The number of pyridine rings is 1. The normalized spacial score (nSPS) is 24.4. The molecule has 0 spiro atoms. The zero-order valence-electron chi connectivity index (χ0n) is 17.9. The Morgan fingerprint density at radius 1 is 1.03 bits per heavy atom. The van der Waals surface area contributed by atoms with Crippen molar-refractivity contribution >= 4 is 10.9 Å². The van der Waals surface area contributed by atoms with Gasteiger partial charge in [0.1, 0.15) is 11.7 Å². The molecule has 0 unspecified atom stereocenters. The average molecular weight is 420 g/mol. The van der Waals surface area contributed by atoms with E-state index in [9.17, 15) is 9.18 Å². The Balaban J connectivity index is 1.40. The molecule has 5 heteroatoms. The lowest BCUT2D eigenvalue weighted by atomic mass is 9.78. The van der Waals surface area contributed by atoms with Crippen LogP contribution in [0.25, 0.3) is 16.6 Å². The van der Waals surface area contributed by atoms with Gasteiger partial charge in [-0.3, -0.25) is 14.3 Å². The van der Waals surface area contributed by atoms with Crippen molar-refractivity contribution < 1.29 is 4.39 Å². The molecule has 4 nitrogen and oxygen atoms in total. The highest BCUT2D eigenvalue weighted by Crippen LogP contribution is 2.43. The summed E-state index contributed by atoms with van der Waals surface area (Å²) >= 11 is 0. The molecule has 1 aromatic carbocycles. The Hall–Kier alpha value is -2.40. The van der Waals surface area contributed by atoms with Crippen molar-refractivity contribution in [3.05, 3.63) is 63.7 Å². The number of aromatic amines is 1. The maximum atomic E-state index is 13.5. The number of aromatic nitrogens is 2. The SMILES string of the molecule is O=c1c2[nH]c(CN3CCCCC3)cc2c(C2CC2)cn1-c1cccc(C2CC(F)C2)c1. The summed E-state index contributed by atoms with van der Waals surface area (Å²) in [6.45, 7) is 3.17.